The molecule has 41 heavy (non-hydrogen) atoms. The van der Waals surface area contributed by atoms with E-state index in [2.05, 4.69) is 35.0 Å². The molecule has 6 heteroatoms. The molecular weight excluding hydrogens is 510 g/mol. The summed E-state index contributed by atoms with van der Waals surface area (Å²) in [4.78, 5) is 31.2. The Morgan fingerprint density at radius 1 is 0.927 bits per heavy atom. The van der Waals surface area contributed by atoms with Crippen molar-refractivity contribution in [2.45, 2.75) is 76.5 Å². The maximum atomic E-state index is 14.8. The number of nitrogens with one attached hydrogen (secondary N) is 1. The van der Waals surface area contributed by atoms with Crippen LogP contribution in [0, 0.1) is 6.92 Å². The second kappa shape index (κ2) is 11.4. The summed E-state index contributed by atoms with van der Waals surface area (Å²) in [5.41, 5.74) is 3.27. The topological polar surface area (TPSA) is 63.6 Å². The van der Waals surface area contributed by atoms with Gasteiger partial charge in [-0.25, -0.2) is 0 Å². The molecule has 0 saturated heterocycles. The van der Waals surface area contributed by atoms with Gasteiger partial charge in [-0.1, -0.05) is 86.7 Å². The molecule has 1 unspecified atom stereocenters. The fourth-order valence-electron chi connectivity index (χ4n) is 6.65. The molecule has 212 valence electrons. The number of aryl methyl sites for hydroxylation is 1. The van der Waals surface area contributed by atoms with Crippen molar-refractivity contribution in [3.63, 3.8) is 0 Å². The Morgan fingerprint density at radius 2 is 1.63 bits per heavy atom. The first-order chi connectivity index (χ1) is 20.0. The minimum Gasteiger partial charge on any atom is -0.497 e. The maximum Gasteiger partial charge on any atom is 0.272 e. The van der Waals surface area contributed by atoms with Crippen molar-refractivity contribution >= 4 is 22.7 Å². The third-order valence-corrected chi connectivity index (χ3v) is 8.94. The molecule has 4 aromatic rings. The fourth-order valence-corrected chi connectivity index (χ4v) is 6.65. The molecule has 1 atom stereocenters. The summed E-state index contributed by atoms with van der Waals surface area (Å²) in [6.45, 7) is 2.71. The molecule has 0 radical (unpaired) electrons. The lowest BCUT2D eigenvalue weighted by Gasteiger charge is -2.47. The first-order valence-electron chi connectivity index (χ1n) is 14.9. The van der Waals surface area contributed by atoms with Crippen molar-refractivity contribution < 1.29 is 14.3 Å². The van der Waals surface area contributed by atoms with Gasteiger partial charge in [0.2, 0.25) is 0 Å². The zero-order valence-electron chi connectivity index (χ0n) is 24.1. The van der Waals surface area contributed by atoms with Gasteiger partial charge in [-0.3, -0.25) is 9.59 Å². The number of rotatable bonds is 6. The van der Waals surface area contributed by atoms with Crippen molar-refractivity contribution in [1.29, 1.82) is 0 Å². The minimum atomic E-state index is -1.22. The highest BCUT2D eigenvalue weighted by molar-refractivity contribution is 6.04. The number of benzene rings is 3. The summed E-state index contributed by atoms with van der Waals surface area (Å²) in [5.74, 6) is 0.513. The Balaban J connectivity index is 1.51. The normalized spacial score (nSPS) is 19.9. The highest BCUT2D eigenvalue weighted by atomic mass is 16.5. The van der Waals surface area contributed by atoms with Gasteiger partial charge < -0.3 is 19.5 Å². The molecule has 1 fully saturated rings. The molecule has 6 nitrogen and oxygen atoms in total. The van der Waals surface area contributed by atoms with Crippen LogP contribution < -0.4 is 10.1 Å². The number of carbonyl (C=O) groups is 2. The van der Waals surface area contributed by atoms with E-state index in [1.54, 1.807) is 7.11 Å². The van der Waals surface area contributed by atoms with Gasteiger partial charge >= 0.3 is 0 Å². The van der Waals surface area contributed by atoms with Crippen molar-refractivity contribution in [1.82, 2.24) is 14.8 Å². The number of nitrogens with zero attached hydrogens (tertiary/aromatic N) is 2. The standard InChI is InChI=1S/C35H39N3O3/c1-25-15-18-27-22-32-33(39)38(23-26-16-19-30(41-2)20-17-26)35(24-37(32)31(27)21-25,28-11-7-6-8-12-28)34(40)36-29-13-9-4-3-5-10-14-29/h6-8,11-12,15-22,29H,3-5,9-10,13-14,23-24H2,1-2H3,(H,36,40). The second-order valence-electron chi connectivity index (χ2n) is 11.7. The van der Waals surface area contributed by atoms with E-state index >= 15 is 0 Å². The lowest BCUT2D eigenvalue weighted by atomic mass is 9.83. The molecule has 1 aliphatic heterocycles. The first-order valence-corrected chi connectivity index (χ1v) is 14.9. The van der Waals surface area contributed by atoms with Crippen molar-refractivity contribution in [3.8, 4) is 5.75 Å². The summed E-state index contributed by atoms with van der Waals surface area (Å²) < 4.78 is 7.44. The molecule has 1 saturated carbocycles. The van der Waals surface area contributed by atoms with E-state index in [0.717, 1.165) is 59.0 Å². The molecule has 1 N–H and O–H groups in total. The Kier molecular flexibility index (Phi) is 7.57. The van der Waals surface area contributed by atoms with Crippen LogP contribution in [0.4, 0.5) is 0 Å². The number of amides is 2. The van der Waals surface area contributed by atoms with Gasteiger partial charge in [-0.2, -0.15) is 0 Å². The minimum absolute atomic E-state index is 0.101. The van der Waals surface area contributed by atoms with Gasteiger partial charge in [0, 0.05) is 23.5 Å². The smallest absolute Gasteiger partial charge is 0.272 e. The van der Waals surface area contributed by atoms with E-state index in [9.17, 15) is 9.59 Å². The molecule has 2 heterocycles. The lowest BCUT2D eigenvalue weighted by Crippen LogP contribution is -2.64. The van der Waals surface area contributed by atoms with Crippen LogP contribution in [-0.2, 0) is 23.4 Å². The number of carbonyl (C=O) groups excluding carboxylic acids is 2. The quantitative estimate of drug-likeness (QED) is 0.290. The van der Waals surface area contributed by atoms with Crippen LogP contribution in [0.1, 0.15) is 72.1 Å². The average Bonchev–Trinajstić information content (AvgIpc) is 3.34. The van der Waals surface area contributed by atoms with E-state index in [0.29, 0.717) is 18.8 Å². The number of methoxy groups -OCH3 is 1. The highest BCUT2D eigenvalue weighted by Gasteiger charge is 2.52. The summed E-state index contributed by atoms with van der Waals surface area (Å²) >= 11 is 0. The molecular formula is C35H39N3O3. The second-order valence-corrected chi connectivity index (χ2v) is 11.7. The molecule has 0 spiro atoms. The molecule has 3 aromatic carbocycles. The van der Waals surface area contributed by atoms with Gasteiger partial charge in [0.1, 0.15) is 11.4 Å². The molecule has 1 aliphatic carbocycles. The fraction of sp³-hybridized carbons (Fsp3) is 0.371. The van der Waals surface area contributed by atoms with Gasteiger partial charge in [0.25, 0.3) is 11.8 Å². The number of fused-ring (bicyclic) bond motifs is 3. The summed E-state index contributed by atoms with van der Waals surface area (Å²) in [6, 6.07) is 26.0. The van der Waals surface area contributed by atoms with Crippen LogP contribution in [0.15, 0.2) is 78.9 Å². The zero-order chi connectivity index (χ0) is 28.4. The van der Waals surface area contributed by atoms with Crippen LogP contribution in [0.2, 0.25) is 0 Å². The maximum absolute atomic E-state index is 14.8. The lowest BCUT2D eigenvalue weighted by molar-refractivity contribution is -0.136. The van der Waals surface area contributed by atoms with Crippen LogP contribution >= 0.6 is 0 Å². The highest BCUT2D eigenvalue weighted by Crippen LogP contribution is 2.41. The van der Waals surface area contributed by atoms with Crippen LogP contribution in [0.25, 0.3) is 10.9 Å². The molecule has 1 aromatic heterocycles. The number of ether oxygens (including phenoxy) is 1. The predicted molar refractivity (Wildman–Crippen MR) is 162 cm³/mol. The largest absolute Gasteiger partial charge is 0.497 e. The Hall–Kier alpha value is -4.06. The Morgan fingerprint density at radius 3 is 2.34 bits per heavy atom. The van der Waals surface area contributed by atoms with E-state index in [4.69, 9.17) is 4.74 Å². The van der Waals surface area contributed by atoms with E-state index in [1.807, 2.05) is 65.6 Å². The van der Waals surface area contributed by atoms with Crippen LogP contribution in [-0.4, -0.2) is 34.4 Å². The summed E-state index contributed by atoms with van der Waals surface area (Å²) in [6.07, 6.45) is 7.85. The summed E-state index contributed by atoms with van der Waals surface area (Å²) in [7, 11) is 1.64. The monoisotopic (exact) mass is 549 g/mol. The average molecular weight is 550 g/mol. The van der Waals surface area contributed by atoms with Gasteiger partial charge in [0.15, 0.2) is 5.54 Å². The van der Waals surface area contributed by atoms with Crippen LogP contribution in [0.5, 0.6) is 5.75 Å². The zero-order valence-corrected chi connectivity index (χ0v) is 24.1. The molecule has 2 amide bonds. The Bertz CT molecular complexity index is 1530. The van der Waals surface area contributed by atoms with Crippen molar-refractivity contribution in [2.75, 3.05) is 7.11 Å². The molecule has 2 aliphatic rings. The van der Waals surface area contributed by atoms with E-state index < -0.39 is 5.54 Å². The van der Waals surface area contributed by atoms with Gasteiger partial charge in [-0.15, -0.1) is 0 Å². The predicted octanol–water partition coefficient (Wildman–Crippen LogP) is 6.74. The third-order valence-electron chi connectivity index (χ3n) is 8.94. The summed E-state index contributed by atoms with van der Waals surface area (Å²) in [5, 5.41) is 4.47. The molecule has 0 bridgehead atoms. The Labute approximate surface area is 242 Å². The van der Waals surface area contributed by atoms with E-state index in [1.165, 1.54) is 19.3 Å². The SMILES string of the molecule is COc1ccc(CN2C(=O)c3cc4ccc(C)cc4n3CC2(C(=O)NC2CCCCCCC2)c2ccccc2)cc1. The number of aromatic nitrogens is 1. The first kappa shape index (κ1) is 27.1. The van der Waals surface area contributed by atoms with Crippen molar-refractivity contribution in [2.24, 2.45) is 0 Å². The van der Waals surface area contributed by atoms with Crippen LogP contribution in [0.3, 0.4) is 0 Å². The number of hydrogen-bond acceptors (Lipinski definition) is 3. The molecule has 6 rings (SSSR count). The van der Waals surface area contributed by atoms with Crippen molar-refractivity contribution in [3.05, 3.63) is 101 Å². The number of hydrogen-bond donors (Lipinski definition) is 1. The third kappa shape index (κ3) is 5.12. The van der Waals surface area contributed by atoms with Gasteiger partial charge in [0.05, 0.1) is 13.7 Å². The van der Waals surface area contributed by atoms with E-state index in [-0.39, 0.29) is 17.9 Å². The van der Waals surface area contributed by atoms with Gasteiger partial charge in [-0.05, 0) is 60.7 Å².